The van der Waals surface area contributed by atoms with Crippen molar-refractivity contribution in [1.82, 2.24) is 4.98 Å². The first kappa shape index (κ1) is 12.1. The minimum absolute atomic E-state index is 0.0765. The van der Waals surface area contributed by atoms with Crippen LogP contribution >= 0.6 is 0 Å². The van der Waals surface area contributed by atoms with Gasteiger partial charge >= 0.3 is 0 Å². The van der Waals surface area contributed by atoms with Crippen molar-refractivity contribution in [3.05, 3.63) is 57.1 Å². The van der Waals surface area contributed by atoms with E-state index in [0.717, 1.165) is 0 Å². The van der Waals surface area contributed by atoms with Crippen molar-refractivity contribution in [1.29, 1.82) is 5.26 Å². The minimum Gasteiger partial charge on any atom is -0.320 e. The molecule has 0 aliphatic carbocycles. The van der Waals surface area contributed by atoms with E-state index in [1.807, 2.05) is 6.07 Å². The molecule has 2 aromatic rings. The maximum atomic E-state index is 13.7. The number of rotatable bonds is 1. The van der Waals surface area contributed by atoms with E-state index in [1.165, 1.54) is 6.07 Å². The summed E-state index contributed by atoms with van der Waals surface area (Å²) in [5.74, 6) is -0.402. The molecule has 90 valence electrons. The van der Waals surface area contributed by atoms with Gasteiger partial charge in [-0.05, 0) is 37.1 Å². The van der Waals surface area contributed by atoms with Crippen LogP contribution in [-0.4, -0.2) is 4.98 Å². The van der Waals surface area contributed by atoms with Gasteiger partial charge in [-0.15, -0.1) is 0 Å². The first-order valence-corrected chi connectivity index (χ1v) is 5.44. The first-order chi connectivity index (χ1) is 8.56. The molecule has 18 heavy (non-hydrogen) atoms. The van der Waals surface area contributed by atoms with Gasteiger partial charge in [0, 0.05) is 5.56 Å². The van der Waals surface area contributed by atoms with Gasteiger partial charge in [-0.2, -0.15) is 5.26 Å². The Hall–Kier alpha value is -2.41. The van der Waals surface area contributed by atoms with E-state index in [1.54, 1.807) is 32.0 Å². The standard InChI is InChI=1S/C14H11FN2O/c1-8-9(2)13(17-14(18)11(8)7-16)10-5-3-4-6-12(10)15/h3-6H,1-2H3,(H,17,18). The van der Waals surface area contributed by atoms with Crippen LogP contribution in [0.1, 0.15) is 16.7 Å². The Morgan fingerprint density at radius 2 is 1.89 bits per heavy atom. The van der Waals surface area contributed by atoms with Crippen LogP contribution in [0, 0.1) is 31.0 Å². The Kier molecular flexibility index (Phi) is 2.99. The normalized spacial score (nSPS) is 10.1. The maximum absolute atomic E-state index is 13.7. The quantitative estimate of drug-likeness (QED) is 0.835. The van der Waals surface area contributed by atoms with E-state index in [9.17, 15) is 9.18 Å². The van der Waals surface area contributed by atoms with Gasteiger partial charge < -0.3 is 4.98 Å². The summed E-state index contributed by atoms with van der Waals surface area (Å²) in [6.07, 6.45) is 0. The number of H-pyrrole nitrogens is 1. The summed E-state index contributed by atoms with van der Waals surface area (Å²) in [6, 6.07) is 8.07. The summed E-state index contributed by atoms with van der Waals surface area (Å²) in [7, 11) is 0. The zero-order valence-corrected chi connectivity index (χ0v) is 10.0. The second-order valence-electron chi connectivity index (χ2n) is 4.05. The predicted molar refractivity (Wildman–Crippen MR) is 66.6 cm³/mol. The molecule has 0 saturated heterocycles. The molecule has 3 nitrogen and oxygen atoms in total. The van der Waals surface area contributed by atoms with E-state index in [4.69, 9.17) is 5.26 Å². The number of nitriles is 1. The Labute approximate surface area is 104 Å². The molecule has 0 amide bonds. The maximum Gasteiger partial charge on any atom is 0.266 e. The average Bonchev–Trinajstić information content (AvgIpc) is 2.35. The molecule has 0 saturated carbocycles. The third-order valence-corrected chi connectivity index (χ3v) is 3.03. The Morgan fingerprint density at radius 3 is 2.50 bits per heavy atom. The molecule has 1 aromatic heterocycles. The van der Waals surface area contributed by atoms with E-state index in [0.29, 0.717) is 22.4 Å². The van der Waals surface area contributed by atoms with Crippen LogP contribution in [0.5, 0.6) is 0 Å². The zero-order chi connectivity index (χ0) is 13.3. The molecular formula is C14H11FN2O. The highest BCUT2D eigenvalue weighted by Crippen LogP contribution is 2.25. The van der Waals surface area contributed by atoms with E-state index < -0.39 is 11.4 Å². The number of hydrogen-bond donors (Lipinski definition) is 1. The Bertz CT molecular complexity index is 711. The van der Waals surface area contributed by atoms with Crippen LogP contribution < -0.4 is 5.56 Å². The van der Waals surface area contributed by atoms with Crippen LogP contribution in [0.3, 0.4) is 0 Å². The lowest BCUT2D eigenvalue weighted by molar-refractivity contribution is 0.630. The van der Waals surface area contributed by atoms with E-state index in [2.05, 4.69) is 4.98 Å². The highest BCUT2D eigenvalue weighted by molar-refractivity contribution is 5.66. The van der Waals surface area contributed by atoms with Gasteiger partial charge in [0.25, 0.3) is 5.56 Å². The van der Waals surface area contributed by atoms with Gasteiger partial charge in [0.2, 0.25) is 0 Å². The summed E-state index contributed by atoms with van der Waals surface area (Å²) in [6.45, 7) is 3.45. The molecule has 0 radical (unpaired) electrons. The third-order valence-electron chi connectivity index (χ3n) is 3.03. The van der Waals surface area contributed by atoms with Crippen LogP contribution in [0.4, 0.5) is 4.39 Å². The molecule has 0 atom stereocenters. The fourth-order valence-corrected chi connectivity index (χ4v) is 1.88. The smallest absolute Gasteiger partial charge is 0.266 e. The van der Waals surface area contributed by atoms with Gasteiger partial charge in [0.15, 0.2) is 0 Å². The van der Waals surface area contributed by atoms with Crippen molar-refractivity contribution in [2.45, 2.75) is 13.8 Å². The number of halogens is 1. The van der Waals surface area contributed by atoms with Crippen molar-refractivity contribution in [2.75, 3.05) is 0 Å². The molecule has 0 aliphatic heterocycles. The van der Waals surface area contributed by atoms with Gasteiger partial charge in [-0.1, -0.05) is 12.1 Å². The van der Waals surface area contributed by atoms with Gasteiger partial charge in [0.05, 0.1) is 5.69 Å². The fourth-order valence-electron chi connectivity index (χ4n) is 1.88. The van der Waals surface area contributed by atoms with Crippen LogP contribution in [-0.2, 0) is 0 Å². The van der Waals surface area contributed by atoms with Gasteiger partial charge in [-0.25, -0.2) is 4.39 Å². The van der Waals surface area contributed by atoms with Gasteiger partial charge in [0.1, 0.15) is 17.4 Å². The molecule has 4 heteroatoms. The fraction of sp³-hybridized carbons (Fsp3) is 0.143. The topological polar surface area (TPSA) is 56.6 Å². The second-order valence-corrected chi connectivity index (χ2v) is 4.05. The second kappa shape index (κ2) is 4.46. The van der Waals surface area contributed by atoms with Crippen molar-refractivity contribution < 1.29 is 4.39 Å². The van der Waals surface area contributed by atoms with Crippen molar-refractivity contribution in [3.8, 4) is 17.3 Å². The molecule has 2 rings (SSSR count). The molecule has 0 aliphatic rings. The summed E-state index contributed by atoms with van der Waals surface area (Å²) >= 11 is 0. The molecule has 1 aromatic carbocycles. The predicted octanol–water partition coefficient (Wildman–Crippen LogP) is 2.67. The lowest BCUT2D eigenvalue weighted by atomic mass is 9.99. The summed E-state index contributed by atoms with van der Waals surface area (Å²) in [5, 5.41) is 8.90. The highest BCUT2D eigenvalue weighted by atomic mass is 19.1. The van der Waals surface area contributed by atoms with Crippen molar-refractivity contribution >= 4 is 0 Å². The van der Waals surface area contributed by atoms with Gasteiger partial charge in [-0.3, -0.25) is 4.79 Å². The lowest BCUT2D eigenvalue weighted by Gasteiger charge is -2.10. The number of nitrogens with zero attached hydrogens (tertiary/aromatic N) is 1. The van der Waals surface area contributed by atoms with Crippen molar-refractivity contribution in [2.24, 2.45) is 0 Å². The van der Waals surface area contributed by atoms with Crippen molar-refractivity contribution in [3.63, 3.8) is 0 Å². The monoisotopic (exact) mass is 242 g/mol. The number of aromatic nitrogens is 1. The molecule has 0 unspecified atom stereocenters. The summed E-state index contributed by atoms with van der Waals surface area (Å²) in [4.78, 5) is 14.3. The summed E-state index contributed by atoms with van der Waals surface area (Å²) < 4.78 is 13.7. The van der Waals surface area contributed by atoms with Crippen LogP contribution in [0.2, 0.25) is 0 Å². The highest BCUT2D eigenvalue weighted by Gasteiger charge is 2.14. The molecule has 0 bridgehead atoms. The Balaban J connectivity index is 2.80. The molecule has 0 spiro atoms. The minimum atomic E-state index is -0.487. The van der Waals surface area contributed by atoms with Crippen LogP contribution in [0.15, 0.2) is 29.1 Å². The Morgan fingerprint density at radius 1 is 1.22 bits per heavy atom. The lowest BCUT2D eigenvalue weighted by Crippen LogP contribution is -2.15. The number of hydrogen-bond acceptors (Lipinski definition) is 2. The molecule has 1 heterocycles. The number of pyridine rings is 1. The first-order valence-electron chi connectivity index (χ1n) is 5.44. The SMILES string of the molecule is Cc1c(-c2ccccc2F)[nH]c(=O)c(C#N)c1C. The number of benzene rings is 1. The molecular weight excluding hydrogens is 231 g/mol. The number of aromatic amines is 1. The zero-order valence-electron chi connectivity index (χ0n) is 10.0. The molecule has 0 fully saturated rings. The number of nitrogens with one attached hydrogen (secondary N) is 1. The largest absolute Gasteiger partial charge is 0.320 e. The summed E-state index contributed by atoms with van der Waals surface area (Å²) in [5.41, 5.74) is 1.64. The average molecular weight is 242 g/mol. The van der Waals surface area contributed by atoms with Crippen LogP contribution in [0.25, 0.3) is 11.3 Å². The third kappa shape index (κ3) is 1.80. The molecule has 1 N–H and O–H groups in total. The van der Waals surface area contributed by atoms with E-state index >= 15 is 0 Å². The van der Waals surface area contributed by atoms with E-state index in [-0.39, 0.29) is 5.56 Å².